The van der Waals surface area contributed by atoms with Crippen LogP contribution in [-0.2, 0) is 0 Å². The van der Waals surface area contributed by atoms with Gasteiger partial charge in [0.05, 0.1) is 7.11 Å². The number of aromatic nitrogens is 2. The van der Waals surface area contributed by atoms with Gasteiger partial charge in [0.25, 0.3) is 0 Å². The average Bonchev–Trinajstić information content (AvgIpc) is 2.03. The van der Waals surface area contributed by atoms with E-state index in [0.29, 0.717) is 11.0 Å². The van der Waals surface area contributed by atoms with Crippen LogP contribution in [0.5, 0.6) is 6.01 Å². The molecule has 1 aromatic rings. The molecule has 0 amide bonds. The van der Waals surface area contributed by atoms with E-state index in [2.05, 4.69) is 15.3 Å². The van der Waals surface area contributed by atoms with Gasteiger partial charge in [-0.1, -0.05) is 11.6 Å². The van der Waals surface area contributed by atoms with E-state index in [1.54, 1.807) is 13.1 Å². The molecule has 0 saturated heterocycles. The van der Waals surface area contributed by atoms with Gasteiger partial charge in [-0.25, -0.2) is 0 Å². The third-order valence-electron chi connectivity index (χ3n) is 1.11. The monoisotopic (exact) mass is 173 g/mol. The largest absolute Gasteiger partial charge is 0.467 e. The molecular formula is C6H8ClN3O. The molecule has 0 aliphatic carbocycles. The number of rotatable bonds is 2. The first-order valence-electron chi connectivity index (χ1n) is 3.02. The minimum Gasteiger partial charge on any atom is -0.467 e. The fraction of sp³-hybridized carbons (Fsp3) is 0.333. The molecule has 0 unspecified atom stereocenters. The number of methoxy groups -OCH3 is 1. The Morgan fingerprint density at radius 3 is 2.82 bits per heavy atom. The van der Waals surface area contributed by atoms with Gasteiger partial charge in [0, 0.05) is 13.1 Å². The molecule has 0 atom stereocenters. The quantitative estimate of drug-likeness (QED) is 0.683. The molecule has 0 bridgehead atoms. The van der Waals surface area contributed by atoms with Gasteiger partial charge in [0.1, 0.15) is 11.0 Å². The Kier molecular flexibility index (Phi) is 2.48. The number of anilines is 1. The Hall–Kier alpha value is -1.03. The van der Waals surface area contributed by atoms with E-state index < -0.39 is 0 Å². The molecule has 0 spiro atoms. The van der Waals surface area contributed by atoms with E-state index >= 15 is 0 Å². The Morgan fingerprint density at radius 2 is 2.27 bits per heavy atom. The average molecular weight is 174 g/mol. The molecule has 0 aliphatic rings. The van der Waals surface area contributed by atoms with Crippen molar-refractivity contribution in [3.63, 3.8) is 0 Å². The van der Waals surface area contributed by atoms with E-state index in [0.717, 1.165) is 0 Å². The highest BCUT2D eigenvalue weighted by atomic mass is 35.5. The molecule has 0 radical (unpaired) electrons. The van der Waals surface area contributed by atoms with Crippen molar-refractivity contribution in [2.24, 2.45) is 0 Å². The van der Waals surface area contributed by atoms with Gasteiger partial charge in [0.15, 0.2) is 0 Å². The number of halogens is 1. The van der Waals surface area contributed by atoms with Crippen molar-refractivity contribution in [3.05, 3.63) is 11.2 Å². The Labute approximate surface area is 69.6 Å². The van der Waals surface area contributed by atoms with Crippen molar-refractivity contribution < 1.29 is 4.74 Å². The van der Waals surface area contributed by atoms with Gasteiger partial charge in [-0.3, -0.25) is 0 Å². The zero-order valence-corrected chi connectivity index (χ0v) is 7.01. The first kappa shape index (κ1) is 8.07. The SMILES string of the molecule is CNc1cc(Cl)nc(OC)n1. The summed E-state index contributed by atoms with van der Waals surface area (Å²) in [5.41, 5.74) is 0. The van der Waals surface area contributed by atoms with E-state index in [1.165, 1.54) is 7.11 Å². The molecule has 0 aromatic carbocycles. The van der Waals surface area contributed by atoms with Crippen molar-refractivity contribution in [1.82, 2.24) is 9.97 Å². The van der Waals surface area contributed by atoms with Crippen LogP contribution in [0.4, 0.5) is 5.82 Å². The van der Waals surface area contributed by atoms with Crippen LogP contribution in [0.2, 0.25) is 5.15 Å². The van der Waals surface area contributed by atoms with Crippen LogP contribution < -0.4 is 10.1 Å². The van der Waals surface area contributed by atoms with Gasteiger partial charge < -0.3 is 10.1 Å². The maximum absolute atomic E-state index is 5.64. The van der Waals surface area contributed by atoms with Gasteiger partial charge >= 0.3 is 6.01 Å². The van der Waals surface area contributed by atoms with Gasteiger partial charge in [0.2, 0.25) is 0 Å². The van der Waals surface area contributed by atoms with Crippen molar-refractivity contribution in [2.75, 3.05) is 19.5 Å². The van der Waals surface area contributed by atoms with Crippen molar-refractivity contribution in [2.45, 2.75) is 0 Å². The first-order valence-corrected chi connectivity index (χ1v) is 3.40. The Balaban J connectivity index is 3.02. The molecule has 1 N–H and O–H groups in total. The molecule has 11 heavy (non-hydrogen) atoms. The van der Waals surface area contributed by atoms with Crippen LogP contribution in [0.15, 0.2) is 6.07 Å². The molecule has 5 heteroatoms. The predicted octanol–water partition coefficient (Wildman–Crippen LogP) is 1.18. The van der Waals surface area contributed by atoms with Crippen molar-refractivity contribution in [1.29, 1.82) is 0 Å². The molecular weight excluding hydrogens is 166 g/mol. The highest BCUT2D eigenvalue weighted by molar-refractivity contribution is 6.29. The molecule has 0 fully saturated rings. The third kappa shape index (κ3) is 1.94. The minimum atomic E-state index is 0.266. The topological polar surface area (TPSA) is 47.0 Å². The second kappa shape index (κ2) is 3.39. The summed E-state index contributed by atoms with van der Waals surface area (Å²) in [7, 11) is 3.24. The number of hydrogen-bond donors (Lipinski definition) is 1. The molecule has 1 aromatic heterocycles. The van der Waals surface area contributed by atoms with Crippen LogP contribution in [0, 0.1) is 0 Å². The summed E-state index contributed by atoms with van der Waals surface area (Å²) in [6.45, 7) is 0. The van der Waals surface area contributed by atoms with E-state index in [-0.39, 0.29) is 6.01 Å². The highest BCUT2D eigenvalue weighted by Gasteiger charge is 1.99. The molecule has 60 valence electrons. The lowest BCUT2D eigenvalue weighted by atomic mass is 10.6. The van der Waals surface area contributed by atoms with Crippen LogP contribution in [0.1, 0.15) is 0 Å². The number of hydrogen-bond acceptors (Lipinski definition) is 4. The maximum Gasteiger partial charge on any atom is 0.319 e. The highest BCUT2D eigenvalue weighted by Crippen LogP contribution is 2.14. The van der Waals surface area contributed by atoms with E-state index in [9.17, 15) is 0 Å². The van der Waals surface area contributed by atoms with Gasteiger partial charge in [-0.2, -0.15) is 9.97 Å². The summed E-state index contributed by atoms with van der Waals surface area (Å²) < 4.78 is 4.79. The zero-order valence-electron chi connectivity index (χ0n) is 6.26. The zero-order chi connectivity index (χ0) is 8.27. The lowest BCUT2D eigenvalue weighted by molar-refractivity contribution is 0.380. The standard InChI is InChI=1S/C6H8ClN3O/c1-8-5-3-4(7)9-6(10-5)11-2/h3H,1-2H3,(H,8,9,10). The van der Waals surface area contributed by atoms with Crippen molar-refractivity contribution >= 4 is 17.4 Å². The molecule has 0 aliphatic heterocycles. The van der Waals surface area contributed by atoms with E-state index in [1.807, 2.05) is 0 Å². The smallest absolute Gasteiger partial charge is 0.319 e. The Morgan fingerprint density at radius 1 is 1.55 bits per heavy atom. The normalized spacial score (nSPS) is 9.36. The van der Waals surface area contributed by atoms with Crippen LogP contribution >= 0.6 is 11.6 Å². The fourth-order valence-corrected chi connectivity index (χ4v) is 0.792. The predicted molar refractivity (Wildman–Crippen MR) is 43.1 cm³/mol. The molecule has 1 rings (SSSR count). The summed E-state index contributed by atoms with van der Waals surface area (Å²) in [5.74, 6) is 0.641. The molecule has 0 saturated carbocycles. The summed E-state index contributed by atoms with van der Waals surface area (Å²) in [6, 6.07) is 1.88. The number of nitrogens with zero attached hydrogens (tertiary/aromatic N) is 2. The second-order valence-corrected chi connectivity index (χ2v) is 2.20. The second-order valence-electron chi connectivity index (χ2n) is 1.81. The Bertz CT molecular complexity index is 231. The van der Waals surface area contributed by atoms with E-state index in [4.69, 9.17) is 16.3 Å². The first-order chi connectivity index (χ1) is 5.26. The summed E-state index contributed by atoms with van der Waals surface area (Å²) in [6.07, 6.45) is 0. The minimum absolute atomic E-state index is 0.266. The number of nitrogens with one attached hydrogen (secondary N) is 1. The number of ether oxygens (including phenoxy) is 1. The van der Waals surface area contributed by atoms with Crippen LogP contribution in [0.3, 0.4) is 0 Å². The summed E-state index contributed by atoms with van der Waals surface area (Å²) >= 11 is 5.64. The molecule has 4 nitrogen and oxygen atoms in total. The van der Waals surface area contributed by atoms with Crippen LogP contribution in [-0.4, -0.2) is 24.1 Å². The molecule has 1 heterocycles. The van der Waals surface area contributed by atoms with Crippen molar-refractivity contribution in [3.8, 4) is 6.01 Å². The van der Waals surface area contributed by atoms with Crippen LogP contribution in [0.25, 0.3) is 0 Å². The summed E-state index contributed by atoms with van der Waals surface area (Å²) in [4.78, 5) is 7.73. The summed E-state index contributed by atoms with van der Waals surface area (Å²) in [5, 5.41) is 3.19. The van der Waals surface area contributed by atoms with Gasteiger partial charge in [-0.15, -0.1) is 0 Å². The third-order valence-corrected chi connectivity index (χ3v) is 1.31. The lowest BCUT2D eigenvalue weighted by Crippen LogP contribution is -1.97. The maximum atomic E-state index is 5.64. The fourth-order valence-electron chi connectivity index (χ4n) is 0.616. The van der Waals surface area contributed by atoms with Gasteiger partial charge in [-0.05, 0) is 0 Å². The lowest BCUT2D eigenvalue weighted by Gasteiger charge is -2.01.